The fraction of sp³-hybridized carbons (Fsp3) is 0.105. The van der Waals surface area contributed by atoms with Crippen LogP contribution in [0, 0.1) is 0 Å². The van der Waals surface area contributed by atoms with Crippen LogP contribution in [0.25, 0.3) is 10.8 Å². The molecule has 0 saturated heterocycles. The first-order chi connectivity index (χ1) is 11.6. The Morgan fingerprint density at radius 1 is 0.917 bits per heavy atom. The van der Waals surface area contributed by atoms with E-state index in [1.54, 1.807) is 59.5 Å². The molecule has 24 heavy (non-hydrogen) atoms. The average molecular weight is 337 g/mol. The predicted octanol–water partition coefficient (Wildman–Crippen LogP) is 3.65. The van der Waals surface area contributed by atoms with Gasteiger partial charge in [0.2, 0.25) is 9.84 Å². The van der Waals surface area contributed by atoms with E-state index in [2.05, 4.69) is 0 Å². The molecule has 3 aromatic rings. The number of sulfone groups is 1. The maximum Gasteiger partial charge on any atom is 0.258 e. The Bertz CT molecular complexity index is 1070. The number of carbonyl (C=O) groups is 1. The van der Waals surface area contributed by atoms with Gasteiger partial charge in [-0.2, -0.15) is 0 Å². The molecule has 0 N–H and O–H groups in total. The monoisotopic (exact) mass is 337 g/mol. The summed E-state index contributed by atoms with van der Waals surface area (Å²) in [5.74, 6) is -0.0765. The molecule has 0 atom stereocenters. The molecule has 0 aliphatic carbocycles. The zero-order valence-corrected chi connectivity index (χ0v) is 13.9. The third kappa shape index (κ3) is 1.91. The summed E-state index contributed by atoms with van der Waals surface area (Å²) >= 11 is 0. The number of amides is 1. The van der Waals surface area contributed by atoms with Gasteiger partial charge in [0.15, 0.2) is 0 Å². The molecular formula is C19H15NO3S. The molecular weight excluding hydrogens is 322 g/mol. The summed E-state index contributed by atoms with van der Waals surface area (Å²) < 4.78 is 26.0. The molecule has 1 amide bonds. The van der Waals surface area contributed by atoms with Crippen LogP contribution < -0.4 is 4.90 Å². The first-order valence-corrected chi connectivity index (χ1v) is 9.21. The van der Waals surface area contributed by atoms with Gasteiger partial charge in [-0.3, -0.25) is 4.79 Å². The van der Waals surface area contributed by atoms with Crippen LogP contribution in [0.4, 0.5) is 5.69 Å². The van der Waals surface area contributed by atoms with Gasteiger partial charge in [0.1, 0.15) is 0 Å². The normalized spacial score (nSPS) is 13.7. The van der Waals surface area contributed by atoms with Crippen molar-refractivity contribution < 1.29 is 13.2 Å². The van der Waals surface area contributed by atoms with Gasteiger partial charge in [0, 0.05) is 22.9 Å². The lowest BCUT2D eigenvalue weighted by Crippen LogP contribution is -2.25. The topological polar surface area (TPSA) is 54.5 Å². The van der Waals surface area contributed by atoms with Crippen LogP contribution in [0.1, 0.15) is 17.3 Å². The number of hydrogen-bond donors (Lipinski definition) is 0. The first-order valence-electron chi connectivity index (χ1n) is 7.73. The third-order valence-corrected chi connectivity index (χ3v) is 6.23. The predicted molar refractivity (Wildman–Crippen MR) is 93.2 cm³/mol. The zero-order valence-electron chi connectivity index (χ0n) is 13.1. The SMILES string of the molecule is CCN1C(=O)c2ccc(S(=O)(=O)c3ccccc3)c3cccc1c23. The number of hydrogen-bond acceptors (Lipinski definition) is 3. The van der Waals surface area contributed by atoms with Crippen LogP contribution in [0.3, 0.4) is 0 Å². The molecule has 0 spiro atoms. The van der Waals surface area contributed by atoms with Crippen molar-refractivity contribution in [1.82, 2.24) is 0 Å². The Labute approximate surface area is 140 Å². The van der Waals surface area contributed by atoms with Gasteiger partial charge in [-0.15, -0.1) is 0 Å². The lowest BCUT2D eigenvalue weighted by atomic mass is 10.1. The minimum absolute atomic E-state index is 0.0765. The van der Waals surface area contributed by atoms with Crippen LogP contribution in [0.5, 0.6) is 0 Å². The lowest BCUT2D eigenvalue weighted by molar-refractivity contribution is 0.0994. The van der Waals surface area contributed by atoms with Crippen molar-refractivity contribution in [2.45, 2.75) is 16.7 Å². The second-order valence-electron chi connectivity index (χ2n) is 5.68. The van der Waals surface area contributed by atoms with Crippen LogP contribution in [0.15, 0.2) is 70.5 Å². The lowest BCUT2D eigenvalue weighted by Gasteiger charge is -2.14. The molecule has 0 aromatic heterocycles. The minimum atomic E-state index is -3.64. The average Bonchev–Trinajstić information content (AvgIpc) is 2.89. The summed E-state index contributed by atoms with van der Waals surface area (Å²) in [5, 5.41) is 1.32. The second kappa shape index (κ2) is 5.18. The molecule has 1 aliphatic heterocycles. The van der Waals surface area contributed by atoms with Crippen LogP contribution in [-0.2, 0) is 9.84 Å². The molecule has 0 saturated carbocycles. The first kappa shape index (κ1) is 14.9. The highest BCUT2D eigenvalue weighted by Gasteiger charge is 2.31. The van der Waals surface area contributed by atoms with Crippen molar-refractivity contribution in [3.8, 4) is 0 Å². The van der Waals surface area contributed by atoms with Crippen molar-refractivity contribution in [1.29, 1.82) is 0 Å². The Hall–Kier alpha value is -2.66. The third-order valence-electron chi connectivity index (χ3n) is 4.40. The van der Waals surface area contributed by atoms with Gasteiger partial charge in [0.25, 0.3) is 5.91 Å². The van der Waals surface area contributed by atoms with Crippen molar-refractivity contribution in [2.75, 3.05) is 11.4 Å². The maximum atomic E-state index is 13.0. The van der Waals surface area contributed by atoms with Crippen molar-refractivity contribution in [2.24, 2.45) is 0 Å². The van der Waals surface area contributed by atoms with Crippen molar-refractivity contribution in [3.63, 3.8) is 0 Å². The molecule has 0 radical (unpaired) electrons. The van der Waals surface area contributed by atoms with Gasteiger partial charge in [0.05, 0.1) is 15.5 Å². The Morgan fingerprint density at radius 3 is 2.38 bits per heavy atom. The summed E-state index contributed by atoms with van der Waals surface area (Å²) in [5.41, 5.74) is 1.34. The molecule has 5 heteroatoms. The molecule has 4 rings (SSSR count). The van der Waals surface area contributed by atoms with Crippen LogP contribution in [0.2, 0.25) is 0 Å². The molecule has 1 aliphatic rings. The highest BCUT2D eigenvalue weighted by molar-refractivity contribution is 7.91. The van der Waals surface area contributed by atoms with E-state index in [1.807, 2.05) is 13.0 Å². The molecule has 0 bridgehead atoms. The molecule has 1 heterocycles. The molecule has 0 unspecified atom stereocenters. The van der Waals surface area contributed by atoms with E-state index >= 15 is 0 Å². The number of benzene rings is 3. The van der Waals surface area contributed by atoms with Gasteiger partial charge in [-0.05, 0) is 37.3 Å². The Balaban J connectivity index is 2.05. The number of rotatable bonds is 3. The molecule has 4 nitrogen and oxygen atoms in total. The molecule has 120 valence electrons. The van der Waals surface area contributed by atoms with Gasteiger partial charge < -0.3 is 4.90 Å². The Morgan fingerprint density at radius 2 is 1.67 bits per heavy atom. The van der Waals surface area contributed by atoms with E-state index in [-0.39, 0.29) is 15.7 Å². The smallest absolute Gasteiger partial charge is 0.258 e. The van der Waals surface area contributed by atoms with Crippen molar-refractivity contribution >= 4 is 32.2 Å². The van der Waals surface area contributed by atoms with Crippen molar-refractivity contribution in [3.05, 3.63) is 66.2 Å². The Kier molecular flexibility index (Phi) is 3.21. The molecule has 0 fully saturated rings. The minimum Gasteiger partial charge on any atom is -0.308 e. The highest BCUT2D eigenvalue weighted by atomic mass is 32.2. The van der Waals surface area contributed by atoms with E-state index in [0.717, 1.165) is 11.1 Å². The van der Waals surface area contributed by atoms with Gasteiger partial charge in [-0.1, -0.05) is 30.3 Å². The van der Waals surface area contributed by atoms with Crippen LogP contribution in [-0.4, -0.2) is 20.9 Å². The van der Waals surface area contributed by atoms with E-state index in [9.17, 15) is 13.2 Å². The summed E-state index contributed by atoms with van der Waals surface area (Å²) in [6.07, 6.45) is 0. The largest absolute Gasteiger partial charge is 0.308 e. The summed E-state index contributed by atoms with van der Waals surface area (Å²) in [7, 11) is -3.64. The maximum absolute atomic E-state index is 13.0. The standard InChI is InChI=1S/C19H15NO3S/c1-2-20-16-10-6-9-14-17(12-11-15(18(14)16)19(20)21)24(22,23)13-7-4-3-5-8-13/h3-12H,2H2,1H3. The second-order valence-corrected chi connectivity index (χ2v) is 7.59. The zero-order chi connectivity index (χ0) is 16.9. The summed E-state index contributed by atoms with van der Waals surface area (Å²) in [6, 6.07) is 17.0. The van der Waals surface area contributed by atoms with Gasteiger partial charge >= 0.3 is 0 Å². The summed E-state index contributed by atoms with van der Waals surface area (Å²) in [6.45, 7) is 2.46. The number of nitrogens with zero attached hydrogens (tertiary/aromatic N) is 1. The van der Waals surface area contributed by atoms with E-state index in [1.165, 1.54) is 0 Å². The number of anilines is 1. The highest BCUT2D eigenvalue weighted by Crippen LogP contribution is 2.40. The number of carbonyl (C=O) groups excluding carboxylic acids is 1. The fourth-order valence-electron chi connectivity index (χ4n) is 3.29. The van der Waals surface area contributed by atoms with E-state index in [0.29, 0.717) is 17.5 Å². The van der Waals surface area contributed by atoms with Crippen LogP contribution >= 0.6 is 0 Å². The van der Waals surface area contributed by atoms with E-state index < -0.39 is 9.84 Å². The summed E-state index contributed by atoms with van der Waals surface area (Å²) in [4.78, 5) is 14.7. The van der Waals surface area contributed by atoms with Gasteiger partial charge in [-0.25, -0.2) is 8.42 Å². The quantitative estimate of drug-likeness (QED) is 0.733. The fourth-order valence-corrected chi connectivity index (χ4v) is 4.77. The van der Waals surface area contributed by atoms with E-state index in [4.69, 9.17) is 0 Å². The molecule has 3 aromatic carbocycles.